The van der Waals surface area contributed by atoms with Gasteiger partial charge >= 0.3 is 12.0 Å². The Labute approximate surface area is 119 Å². The molecule has 2 N–H and O–H groups in total. The number of carbonyl (C=O) groups is 1. The van der Waals surface area contributed by atoms with Gasteiger partial charge in [-0.15, -0.1) is 0 Å². The second-order valence-corrected chi connectivity index (χ2v) is 4.16. The molecule has 0 bridgehead atoms. The first-order valence-electron chi connectivity index (χ1n) is 5.59. The van der Waals surface area contributed by atoms with Crippen molar-refractivity contribution in [1.29, 1.82) is 0 Å². The standard InChI is InChI=1S/C12H11ClN4O3/c1-20-12-16-6-9(13)10(17-12)15-5-8-4-7(11(18)19)2-3-14-8/h2-4,6H,5H2,1H3,(H,18,19)(H,15,16,17). The van der Waals surface area contributed by atoms with Crippen molar-refractivity contribution in [1.82, 2.24) is 15.0 Å². The number of hydrogen-bond donors (Lipinski definition) is 2. The van der Waals surface area contributed by atoms with Gasteiger partial charge < -0.3 is 15.2 Å². The molecule has 0 spiro atoms. The summed E-state index contributed by atoms with van der Waals surface area (Å²) in [7, 11) is 1.45. The van der Waals surface area contributed by atoms with E-state index in [1.807, 2.05) is 0 Å². The zero-order valence-corrected chi connectivity index (χ0v) is 11.3. The maximum atomic E-state index is 10.9. The Morgan fingerprint density at radius 1 is 1.50 bits per heavy atom. The van der Waals surface area contributed by atoms with Crippen molar-refractivity contribution in [3.63, 3.8) is 0 Å². The lowest BCUT2D eigenvalue weighted by Gasteiger charge is -2.08. The summed E-state index contributed by atoms with van der Waals surface area (Å²) in [5.74, 6) is -0.614. The van der Waals surface area contributed by atoms with Gasteiger partial charge in [0.25, 0.3) is 0 Å². The van der Waals surface area contributed by atoms with Crippen LogP contribution in [0.4, 0.5) is 5.82 Å². The van der Waals surface area contributed by atoms with Crippen LogP contribution in [-0.4, -0.2) is 33.1 Å². The summed E-state index contributed by atoms with van der Waals surface area (Å²) in [6.07, 6.45) is 2.85. The molecule has 2 rings (SSSR count). The largest absolute Gasteiger partial charge is 0.478 e. The number of hydrogen-bond acceptors (Lipinski definition) is 6. The first-order chi connectivity index (χ1) is 9.60. The molecular formula is C12H11ClN4O3. The quantitative estimate of drug-likeness (QED) is 0.868. The lowest BCUT2D eigenvalue weighted by molar-refractivity contribution is 0.0696. The van der Waals surface area contributed by atoms with E-state index in [0.29, 0.717) is 16.5 Å². The lowest BCUT2D eigenvalue weighted by Crippen LogP contribution is -2.07. The number of rotatable bonds is 5. The first-order valence-corrected chi connectivity index (χ1v) is 5.96. The van der Waals surface area contributed by atoms with Gasteiger partial charge in [-0.3, -0.25) is 4.98 Å². The molecule has 0 aromatic carbocycles. The van der Waals surface area contributed by atoms with Crippen molar-refractivity contribution in [2.24, 2.45) is 0 Å². The Morgan fingerprint density at radius 3 is 3.00 bits per heavy atom. The summed E-state index contributed by atoms with van der Waals surface area (Å²) in [6, 6.07) is 3.08. The van der Waals surface area contributed by atoms with Crippen molar-refractivity contribution in [3.05, 3.63) is 40.8 Å². The van der Waals surface area contributed by atoms with Crippen LogP contribution >= 0.6 is 11.6 Å². The highest BCUT2D eigenvalue weighted by atomic mass is 35.5. The summed E-state index contributed by atoms with van der Waals surface area (Å²) in [5, 5.41) is 12.2. The number of aromatic nitrogens is 3. The van der Waals surface area contributed by atoms with Crippen LogP contribution in [0.1, 0.15) is 16.1 Å². The molecule has 0 radical (unpaired) electrons. The molecule has 0 saturated carbocycles. The van der Waals surface area contributed by atoms with E-state index in [1.165, 1.54) is 31.6 Å². The van der Waals surface area contributed by atoms with Crippen LogP contribution in [0.25, 0.3) is 0 Å². The zero-order chi connectivity index (χ0) is 14.5. The van der Waals surface area contributed by atoms with Gasteiger partial charge in [-0.05, 0) is 12.1 Å². The molecule has 0 aliphatic rings. The predicted octanol–water partition coefficient (Wildman–Crippen LogP) is 1.84. The molecule has 104 valence electrons. The SMILES string of the molecule is COc1ncc(Cl)c(NCc2cc(C(=O)O)ccn2)n1. The average molecular weight is 295 g/mol. The van der Waals surface area contributed by atoms with Crippen LogP contribution in [0.15, 0.2) is 24.5 Å². The molecule has 0 amide bonds. The second-order valence-electron chi connectivity index (χ2n) is 3.75. The second kappa shape index (κ2) is 6.16. The molecule has 20 heavy (non-hydrogen) atoms. The molecule has 0 saturated heterocycles. The van der Waals surface area contributed by atoms with E-state index in [2.05, 4.69) is 20.3 Å². The number of nitrogens with zero attached hydrogens (tertiary/aromatic N) is 3. The molecule has 0 fully saturated rings. The van der Waals surface area contributed by atoms with Crippen LogP contribution in [0, 0.1) is 0 Å². The highest BCUT2D eigenvalue weighted by molar-refractivity contribution is 6.32. The summed E-state index contributed by atoms with van der Waals surface area (Å²) in [6.45, 7) is 0.279. The molecule has 0 atom stereocenters. The van der Waals surface area contributed by atoms with Gasteiger partial charge in [0.1, 0.15) is 5.02 Å². The highest BCUT2D eigenvalue weighted by Gasteiger charge is 2.07. The fourth-order valence-corrected chi connectivity index (χ4v) is 1.61. The molecule has 0 aliphatic carbocycles. The number of ether oxygens (including phenoxy) is 1. The van der Waals surface area contributed by atoms with E-state index in [0.717, 1.165) is 0 Å². The maximum absolute atomic E-state index is 10.9. The van der Waals surface area contributed by atoms with Crippen molar-refractivity contribution in [2.75, 3.05) is 12.4 Å². The van der Waals surface area contributed by atoms with Gasteiger partial charge in [0.15, 0.2) is 5.82 Å². The molecule has 2 heterocycles. The van der Waals surface area contributed by atoms with E-state index < -0.39 is 5.97 Å². The van der Waals surface area contributed by atoms with E-state index in [1.54, 1.807) is 0 Å². The molecular weight excluding hydrogens is 284 g/mol. The number of carboxylic acid groups (broad SMARTS) is 1. The fraction of sp³-hybridized carbons (Fsp3) is 0.167. The third-order valence-corrected chi connectivity index (χ3v) is 2.68. The molecule has 0 unspecified atom stereocenters. The monoisotopic (exact) mass is 294 g/mol. The third kappa shape index (κ3) is 3.33. The number of pyridine rings is 1. The summed E-state index contributed by atoms with van der Waals surface area (Å²) < 4.78 is 4.90. The van der Waals surface area contributed by atoms with Crippen LogP contribution in [0.5, 0.6) is 6.01 Å². The minimum atomic E-state index is -1.00. The minimum Gasteiger partial charge on any atom is -0.478 e. The summed E-state index contributed by atoms with van der Waals surface area (Å²) in [4.78, 5) is 22.8. The number of carboxylic acids is 1. The molecule has 2 aromatic rings. The van der Waals surface area contributed by atoms with Crippen LogP contribution < -0.4 is 10.1 Å². The summed E-state index contributed by atoms with van der Waals surface area (Å²) in [5.41, 5.74) is 0.724. The van der Waals surface area contributed by atoms with E-state index in [9.17, 15) is 4.79 Å². The van der Waals surface area contributed by atoms with E-state index in [-0.39, 0.29) is 18.1 Å². The van der Waals surface area contributed by atoms with Gasteiger partial charge in [-0.1, -0.05) is 11.6 Å². The molecule has 8 heteroatoms. The normalized spacial score (nSPS) is 10.1. The summed E-state index contributed by atoms with van der Waals surface area (Å²) >= 11 is 5.94. The topological polar surface area (TPSA) is 97.2 Å². The van der Waals surface area contributed by atoms with Gasteiger partial charge in [-0.25, -0.2) is 9.78 Å². The number of nitrogens with one attached hydrogen (secondary N) is 1. The Morgan fingerprint density at radius 2 is 2.30 bits per heavy atom. The number of aromatic carboxylic acids is 1. The minimum absolute atomic E-state index is 0.170. The highest BCUT2D eigenvalue weighted by Crippen LogP contribution is 2.20. The van der Waals surface area contributed by atoms with Crippen molar-refractivity contribution in [3.8, 4) is 6.01 Å². The van der Waals surface area contributed by atoms with Gasteiger partial charge in [-0.2, -0.15) is 4.98 Å². The van der Waals surface area contributed by atoms with E-state index in [4.69, 9.17) is 21.4 Å². The van der Waals surface area contributed by atoms with Gasteiger partial charge in [0.2, 0.25) is 0 Å². The molecule has 7 nitrogen and oxygen atoms in total. The number of halogens is 1. The number of methoxy groups -OCH3 is 1. The van der Waals surface area contributed by atoms with E-state index >= 15 is 0 Å². The average Bonchev–Trinajstić information content (AvgIpc) is 2.46. The van der Waals surface area contributed by atoms with Crippen LogP contribution in [-0.2, 0) is 6.54 Å². The maximum Gasteiger partial charge on any atom is 0.335 e. The van der Waals surface area contributed by atoms with Crippen LogP contribution in [0.3, 0.4) is 0 Å². The Balaban J connectivity index is 2.12. The molecule has 0 aliphatic heterocycles. The van der Waals surface area contributed by atoms with Crippen LogP contribution in [0.2, 0.25) is 5.02 Å². The zero-order valence-electron chi connectivity index (χ0n) is 10.5. The predicted molar refractivity (Wildman–Crippen MR) is 72.1 cm³/mol. The van der Waals surface area contributed by atoms with Crippen molar-refractivity contribution in [2.45, 2.75) is 6.54 Å². The smallest absolute Gasteiger partial charge is 0.335 e. The Hall–Kier alpha value is -2.41. The Bertz CT molecular complexity index is 636. The van der Waals surface area contributed by atoms with Gasteiger partial charge in [0, 0.05) is 6.20 Å². The van der Waals surface area contributed by atoms with Gasteiger partial charge in [0.05, 0.1) is 31.1 Å². The number of anilines is 1. The molecule has 2 aromatic heterocycles. The third-order valence-electron chi connectivity index (χ3n) is 2.41. The van der Waals surface area contributed by atoms with Crippen molar-refractivity contribution < 1.29 is 14.6 Å². The fourth-order valence-electron chi connectivity index (χ4n) is 1.46. The first kappa shape index (κ1) is 14.0. The van der Waals surface area contributed by atoms with Crippen molar-refractivity contribution >= 4 is 23.4 Å². The Kier molecular flexibility index (Phi) is 4.31. The lowest BCUT2D eigenvalue weighted by atomic mass is 10.2.